The summed E-state index contributed by atoms with van der Waals surface area (Å²) in [5, 5.41) is 5.17. The summed E-state index contributed by atoms with van der Waals surface area (Å²) in [6.07, 6.45) is 3.28. The molecular weight excluding hydrogens is 420 g/mol. The molecule has 1 aliphatic heterocycles. The van der Waals surface area contributed by atoms with Gasteiger partial charge in [0.2, 0.25) is 5.91 Å². The molecule has 5 rings (SSSR count). The zero-order valence-corrected chi connectivity index (χ0v) is 18.3. The maximum Gasteiger partial charge on any atom is 0.263 e. The maximum atomic E-state index is 13.4. The Bertz CT molecular complexity index is 1220. The molecule has 1 aliphatic rings. The number of hydrogen-bond acceptors (Lipinski definition) is 4. The van der Waals surface area contributed by atoms with Crippen LogP contribution in [0.5, 0.6) is 0 Å². The summed E-state index contributed by atoms with van der Waals surface area (Å²) in [5.74, 6) is -0.233. The standard InChI is InChI=1S/C25H24N4O2S/c30-24(19-8-4-12-29(15-19)25(31)22-9-5-13-32-22)28-23(17-6-2-1-3-7-17)18-10-11-20-21(14-18)27-16-26-20/h1-3,5-7,9-11,13-14,16,19,23H,4,8,12,15H2,(H,26,27)(H,28,30)/t19-,23-/m1/s1. The van der Waals surface area contributed by atoms with Crippen LogP contribution in [0, 0.1) is 5.92 Å². The van der Waals surface area contributed by atoms with Crippen LogP contribution in [0.25, 0.3) is 11.0 Å². The third-order valence-electron chi connectivity index (χ3n) is 6.01. The van der Waals surface area contributed by atoms with E-state index in [1.165, 1.54) is 11.3 Å². The third-order valence-corrected chi connectivity index (χ3v) is 6.87. The number of hydrogen-bond donors (Lipinski definition) is 2. The van der Waals surface area contributed by atoms with E-state index in [0.717, 1.165) is 39.9 Å². The van der Waals surface area contributed by atoms with Crippen LogP contribution in [0.2, 0.25) is 0 Å². The van der Waals surface area contributed by atoms with Gasteiger partial charge in [0.15, 0.2) is 0 Å². The molecule has 4 aromatic rings. The van der Waals surface area contributed by atoms with E-state index in [1.807, 2.05) is 70.9 Å². The molecule has 2 amide bonds. The van der Waals surface area contributed by atoms with E-state index in [2.05, 4.69) is 15.3 Å². The van der Waals surface area contributed by atoms with Gasteiger partial charge in [-0.25, -0.2) is 4.98 Å². The Balaban J connectivity index is 1.37. The first kappa shape index (κ1) is 20.5. The molecule has 2 atom stereocenters. The van der Waals surface area contributed by atoms with Crippen molar-refractivity contribution in [3.8, 4) is 0 Å². The predicted octanol–water partition coefficient (Wildman–Crippen LogP) is 4.38. The van der Waals surface area contributed by atoms with E-state index in [-0.39, 0.29) is 23.8 Å². The Hall–Kier alpha value is -3.45. The molecule has 6 nitrogen and oxygen atoms in total. The molecule has 2 aromatic heterocycles. The second kappa shape index (κ2) is 8.96. The van der Waals surface area contributed by atoms with Gasteiger partial charge < -0.3 is 15.2 Å². The molecule has 1 saturated heterocycles. The fourth-order valence-corrected chi connectivity index (χ4v) is 5.02. The Morgan fingerprint density at radius 2 is 1.97 bits per heavy atom. The largest absolute Gasteiger partial charge is 0.345 e. The molecule has 162 valence electrons. The predicted molar refractivity (Wildman–Crippen MR) is 125 cm³/mol. The van der Waals surface area contributed by atoms with E-state index in [1.54, 1.807) is 6.33 Å². The van der Waals surface area contributed by atoms with E-state index in [9.17, 15) is 9.59 Å². The Morgan fingerprint density at radius 1 is 1.09 bits per heavy atom. The number of aromatic amines is 1. The highest BCUT2D eigenvalue weighted by Crippen LogP contribution is 2.27. The lowest BCUT2D eigenvalue weighted by Crippen LogP contribution is -2.46. The highest BCUT2D eigenvalue weighted by atomic mass is 32.1. The number of piperidine rings is 1. The lowest BCUT2D eigenvalue weighted by atomic mass is 9.94. The highest BCUT2D eigenvalue weighted by molar-refractivity contribution is 7.12. The summed E-state index contributed by atoms with van der Waals surface area (Å²) in [4.78, 5) is 36.1. The molecule has 0 radical (unpaired) electrons. The van der Waals surface area contributed by atoms with Crippen LogP contribution in [-0.4, -0.2) is 39.8 Å². The maximum absolute atomic E-state index is 13.4. The minimum Gasteiger partial charge on any atom is -0.345 e. The number of likely N-dealkylation sites (tertiary alicyclic amines) is 1. The fourth-order valence-electron chi connectivity index (χ4n) is 4.33. The molecule has 1 fully saturated rings. The van der Waals surface area contributed by atoms with Gasteiger partial charge in [-0.1, -0.05) is 42.5 Å². The van der Waals surface area contributed by atoms with Crippen LogP contribution in [-0.2, 0) is 4.79 Å². The average molecular weight is 445 g/mol. The molecule has 7 heteroatoms. The number of carbonyl (C=O) groups is 2. The van der Waals surface area contributed by atoms with Gasteiger partial charge in [0.1, 0.15) is 0 Å². The molecular formula is C25H24N4O2S. The minimum atomic E-state index is -0.278. The first-order valence-electron chi connectivity index (χ1n) is 10.8. The van der Waals surface area contributed by atoms with Gasteiger partial charge in [-0.05, 0) is 47.5 Å². The van der Waals surface area contributed by atoms with E-state index in [0.29, 0.717) is 13.1 Å². The number of nitrogens with zero attached hydrogens (tertiary/aromatic N) is 2. The zero-order chi connectivity index (χ0) is 21.9. The summed E-state index contributed by atoms with van der Waals surface area (Å²) >= 11 is 1.44. The van der Waals surface area contributed by atoms with Crippen molar-refractivity contribution in [1.82, 2.24) is 20.2 Å². The fraction of sp³-hybridized carbons (Fsp3) is 0.240. The number of benzene rings is 2. The molecule has 0 aliphatic carbocycles. The summed E-state index contributed by atoms with van der Waals surface area (Å²) in [7, 11) is 0. The Labute approximate surface area is 190 Å². The molecule has 2 aromatic carbocycles. The molecule has 0 bridgehead atoms. The summed E-state index contributed by atoms with van der Waals surface area (Å²) < 4.78 is 0. The Kier molecular flexibility index (Phi) is 5.73. The number of imidazole rings is 1. The second-order valence-electron chi connectivity index (χ2n) is 8.10. The van der Waals surface area contributed by atoms with Crippen LogP contribution in [0.3, 0.4) is 0 Å². The lowest BCUT2D eigenvalue weighted by Gasteiger charge is -2.33. The number of fused-ring (bicyclic) bond motifs is 1. The third kappa shape index (κ3) is 4.16. The number of thiophene rings is 1. The van der Waals surface area contributed by atoms with E-state index < -0.39 is 0 Å². The van der Waals surface area contributed by atoms with Crippen molar-refractivity contribution in [2.75, 3.05) is 13.1 Å². The van der Waals surface area contributed by atoms with Crippen LogP contribution in [0.1, 0.15) is 39.7 Å². The monoisotopic (exact) mass is 444 g/mol. The van der Waals surface area contributed by atoms with Crippen molar-refractivity contribution in [3.63, 3.8) is 0 Å². The minimum absolute atomic E-state index is 0.0156. The van der Waals surface area contributed by atoms with Crippen molar-refractivity contribution >= 4 is 34.2 Å². The topological polar surface area (TPSA) is 78.1 Å². The van der Waals surface area contributed by atoms with Crippen molar-refractivity contribution < 1.29 is 9.59 Å². The van der Waals surface area contributed by atoms with Gasteiger partial charge in [-0.15, -0.1) is 11.3 Å². The highest BCUT2D eigenvalue weighted by Gasteiger charge is 2.31. The smallest absolute Gasteiger partial charge is 0.263 e. The van der Waals surface area contributed by atoms with Gasteiger partial charge in [-0.2, -0.15) is 0 Å². The van der Waals surface area contributed by atoms with Gasteiger partial charge in [0.25, 0.3) is 5.91 Å². The molecule has 3 heterocycles. The second-order valence-corrected chi connectivity index (χ2v) is 9.05. The summed E-state index contributed by atoms with van der Waals surface area (Å²) in [6.45, 7) is 1.14. The van der Waals surface area contributed by atoms with E-state index in [4.69, 9.17) is 0 Å². The quantitative estimate of drug-likeness (QED) is 0.479. The number of rotatable bonds is 5. The number of amides is 2. The van der Waals surface area contributed by atoms with Crippen molar-refractivity contribution in [2.24, 2.45) is 5.92 Å². The molecule has 0 saturated carbocycles. The first-order chi connectivity index (χ1) is 15.7. The summed E-state index contributed by atoms with van der Waals surface area (Å²) in [5.41, 5.74) is 3.83. The molecule has 0 spiro atoms. The summed E-state index contributed by atoms with van der Waals surface area (Å²) in [6, 6.07) is 19.4. The normalized spacial score (nSPS) is 17.2. The Morgan fingerprint density at radius 3 is 2.78 bits per heavy atom. The molecule has 0 unspecified atom stereocenters. The number of H-pyrrole nitrogens is 1. The molecule has 2 N–H and O–H groups in total. The van der Waals surface area contributed by atoms with Crippen molar-refractivity contribution in [1.29, 1.82) is 0 Å². The van der Waals surface area contributed by atoms with Crippen LogP contribution >= 0.6 is 11.3 Å². The van der Waals surface area contributed by atoms with Gasteiger partial charge >= 0.3 is 0 Å². The molecule has 32 heavy (non-hydrogen) atoms. The lowest BCUT2D eigenvalue weighted by molar-refractivity contribution is -0.126. The number of nitrogens with one attached hydrogen (secondary N) is 2. The van der Waals surface area contributed by atoms with Gasteiger partial charge in [0, 0.05) is 13.1 Å². The van der Waals surface area contributed by atoms with Crippen LogP contribution < -0.4 is 5.32 Å². The zero-order valence-electron chi connectivity index (χ0n) is 17.5. The first-order valence-corrected chi connectivity index (χ1v) is 11.7. The SMILES string of the molecule is O=C(N[C@H](c1ccccc1)c1ccc2nc[nH]c2c1)[C@@H]1CCCN(C(=O)c2cccs2)C1. The van der Waals surface area contributed by atoms with Crippen molar-refractivity contribution in [2.45, 2.75) is 18.9 Å². The van der Waals surface area contributed by atoms with Crippen LogP contribution in [0.4, 0.5) is 0 Å². The number of aromatic nitrogens is 2. The average Bonchev–Trinajstić information content (AvgIpc) is 3.54. The van der Waals surface area contributed by atoms with Gasteiger partial charge in [-0.3, -0.25) is 9.59 Å². The van der Waals surface area contributed by atoms with Gasteiger partial charge in [0.05, 0.1) is 34.2 Å². The van der Waals surface area contributed by atoms with Crippen molar-refractivity contribution in [3.05, 3.63) is 88.4 Å². The van der Waals surface area contributed by atoms with E-state index >= 15 is 0 Å². The van der Waals surface area contributed by atoms with Crippen LogP contribution in [0.15, 0.2) is 72.4 Å². The number of carbonyl (C=O) groups excluding carboxylic acids is 2.